The molecule has 0 saturated carbocycles. The van der Waals surface area contributed by atoms with E-state index in [9.17, 15) is 5.26 Å². The first kappa shape index (κ1) is 18.3. The number of ether oxygens (including phenoxy) is 2. The van der Waals surface area contributed by atoms with Gasteiger partial charge >= 0.3 is 0 Å². The molecule has 0 bridgehead atoms. The normalized spacial score (nSPS) is 10.3. The average molecular weight is 382 g/mol. The van der Waals surface area contributed by atoms with Crippen molar-refractivity contribution in [2.24, 2.45) is 0 Å². The Morgan fingerprint density at radius 2 is 1.93 bits per heavy atom. The molecular weight excluding hydrogens is 366 g/mol. The maximum absolute atomic E-state index is 9.38. The number of methoxy groups -OCH3 is 1. The summed E-state index contributed by atoms with van der Waals surface area (Å²) < 4.78 is 11.2. The molecular formula is C19H16ClN5O2. The van der Waals surface area contributed by atoms with E-state index >= 15 is 0 Å². The number of nitrogen functional groups attached to an aromatic ring is 2. The first-order chi connectivity index (χ1) is 13.0. The van der Waals surface area contributed by atoms with Crippen LogP contribution in [-0.2, 0) is 6.61 Å². The molecule has 7 nitrogen and oxygen atoms in total. The standard InChI is InChI=1S/C19H16ClN5O2/c1-26-15-6-5-12(17-14(9-21)18(22)25-19(23)24-17)8-16(15)27-10-11-3-2-4-13(20)7-11/h2-8H,10H2,1H3,(H4,22,23,24,25). The lowest BCUT2D eigenvalue weighted by atomic mass is 10.1. The molecule has 0 atom stereocenters. The van der Waals surface area contributed by atoms with Gasteiger partial charge in [0, 0.05) is 10.6 Å². The Kier molecular flexibility index (Phi) is 5.29. The van der Waals surface area contributed by atoms with Gasteiger partial charge in [-0.3, -0.25) is 0 Å². The zero-order valence-electron chi connectivity index (χ0n) is 14.4. The van der Waals surface area contributed by atoms with E-state index in [1.165, 1.54) is 0 Å². The third-order valence-corrected chi connectivity index (χ3v) is 4.02. The van der Waals surface area contributed by atoms with Gasteiger partial charge < -0.3 is 20.9 Å². The minimum atomic E-state index is -0.0151. The van der Waals surface area contributed by atoms with E-state index in [1.807, 2.05) is 24.3 Å². The van der Waals surface area contributed by atoms with Gasteiger partial charge in [-0.25, -0.2) is 4.98 Å². The fourth-order valence-corrected chi connectivity index (χ4v) is 2.75. The highest BCUT2D eigenvalue weighted by Gasteiger charge is 2.16. The second-order valence-electron chi connectivity index (χ2n) is 5.59. The van der Waals surface area contributed by atoms with E-state index in [0.717, 1.165) is 5.56 Å². The van der Waals surface area contributed by atoms with E-state index in [1.54, 1.807) is 31.4 Å². The summed E-state index contributed by atoms with van der Waals surface area (Å²) in [6.45, 7) is 0.291. The lowest BCUT2D eigenvalue weighted by Crippen LogP contribution is -2.05. The monoisotopic (exact) mass is 381 g/mol. The third-order valence-electron chi connectivity index (χ3n) is 3.79. The molecule has 0 amide bonds. The molecule has 0 aliphatic rings. The SMILES string of the molecule is COc1ccc(-c2nc(N)nc(N)c2C#N)cc1OCc1cccc(Cl)c1. The molecule has 0 aliphatic heterocycles. The number of anilines is 2. The molecule has 0 radical (unpaired) electrons. The highest BCUT2D eigenvalue weighted by atomic mass is 35.5. The molecule has 1 heterocycles. The quantitative estimate of drug-likeness (QED) is 0.694. The van der Waals surface area contributed by atoms with Crippen LogP contribution in [0.5, 0.6) is 11.5 Å². The zero-order chi connectivity index (χ0) is 19.4. The summed E-state index contributed by atoms with van der Waals surface area (Å²) in [5.41, 5.74) is 13.5. The van der Waals surface area contributed by atoms with Crippen molar-refractivity contribution in [3.8, 4) is 28.8 Å². The fraction of sp³-hybridized carbons (Fsp3) is 0.105. The van der Waals surface area contributed by atoms with Crippen molar-refractivity contribution in [2.45, 2.75) is 6.61 Å². The number of nitrogens with zero attached hydrogens (tertiary/aromatic N) is 3. The van der Waals surface area contributed by atoms with Crippen molar-refractivity contribution in [1.82, 2.24) is 9.97 Å². The van der Waals surface area contributed by atoms with Gasteiger partial charge in [-0.1, -0.05) is 23.7 Å². The Morgan fingerprint density at radius 3 is 2.63 bits per heavy atom. The average Bonchev–Trinajstić information content (AvgIpc) is 2.65. The van der Waals surface area contributed by atoms with Gasteiger partial charge in [-0.15, -0.1) is 0 Å². The maximum atomic E-state index is 9.38. The van der Waals surface area contributed by atoms with Gasteiger partial charge in [0.15, 0.2) is 11.5 Å². The molecule has 0 spiro atoms. The second kappa shape index (κ2) is 7.81. The number of rotatable bonds is 5. The molecule has 3 rings (SSSR count). The Hall–Kier alpha value is -3.50. The maximum Gasteiger partial charge on any atom is 0.222 e. The van der Waals surface area contributed by atoms with E-state index in [4.69, 9.17) is 32.5 Å². The first-order valence-electron chi connectivity index (χ1n) is 7.90. The number of benzene rings is 2. The Balaban J connectivity index is 1.98. The molecule has 27 heavy (non-hydrogen) atoms. The number of hydrogen-bond donors (Lipinski definition) is 2. The summed E-state index contributed by atoms with van der Waals surface area (Å²) in [6, 6.07) is 14.5. The lowest BCUT2D eigenvalue weighted by molar-refractivity contribution is 0.284. The molecule has 0 fully saturated rings. The lowest BCUT2D eigenvalue weighted by Gasteiger charge is -2.13. The van der Waals surface area contributed by atoms with Crippen LogP contribution in [0.4, 0.5) is 11.8 Å². The summed E-state index contributed by atoms with van der Waals surface area (Å²) >= 11 is 6.00. The molecule has 0 aliphatic carbocycles. The van der Waals surface area contributed by atoms with Crippen molar-refractivity contribution >= 4 is 23.4 Å². The predicted molar refractivity (Wildman–Crippen MR) is 103 cm³/mol. The summed E-state index contributed by atoms with van der Waals surface area (Å²) in [5.74, 6) is 1.03. The Bertz CT molecular complexity index is 1030. The molecule has 0 saturated heterocycles. The number of aromatic nitrogens is 2. The van der Waals surface area contributed by atoms with Crippen LogP contribution >= 0.6 is 11.6 Å². The Morgan fingerprint density at radius 1 is 1.11 bits per heavy atom. The molecule has 4 N–H and O–H groups in total. The number of nitrogens with two attached hydrogens (primary N) is 2. The highest BCUT2D eigenvalue weighted by molar-refractivity contribution is 6.30. The van der Waals surface area contributed by atoms with Crippen LogP contribution in [0.25, 0.3) is 11.3 Å². The van der Waals surface area contributed by atoms with Crippen LogP contribution in [-0.4, -0.2) is 17.1 Å². The van der Waals surface area contributed by atoms with Gasteiger partial charge in [0.1, 0.15) is 24.1 Å². The van der Waals surface area contributed by atoms with E-state index in [0.29, 0.717) is 34.4 Å². The molecule has 0 unspecified atom stereocenters. The van der Waals surface area contributed by atoms with Crippen molar-refractivity contribution in [3.05, 3.63) is 58.6 Å². The Labute approximate surface area is 161 Å². The second-order valence-corrected chi connectivity index (χ2v) is 6.02. The molecule has 8 heteroatoms. The summed E-state index contributed by atoms with van der Waals surface area (Å²) in [5, 5.41) is 10.0. The first-order valence-corrected chi connectivity index (χ1v) is 8.28. The van der Waals surface area contributed by atoms with Crippen molar-refractivity contribution < 1.29 is 9.47 Å². The van der Waals surface area contributed by atoms with E-state index in [2.05, 4.69) is 9.97 Å². The predicted octanol–water partition coefficient (Wildman–Crippen LogP) is 3.42. The van der Waals surface area contributed by atoms with Gasteiger partial charge in [-0.05, 0) is 35.9 Å². The van der Waals surface area contributed by atoms with Gasteiger partial charge in [0.25, 0.3) is 0 Å². The van der Waals surface area contributed by atoms with Crippen molar-refractivity contribution in [1.29, 1.82) is 5.26 Å². The van der Waals surface area contributed by atoms with Crippen LogP contribution in [0.1, 0.15) is 11.1 Å². The third kappa shape index (κ3) is 4.02. The fourth-order valence-electron chi connectivity index (χ4n) is 2.54. The number of nitriles is 1. The zero-order valence-corrected chi connectivity index (χ0v) is 15.2. The molecule has 1 aromatic heterocycles. The number of hydrogen-bond acceptors (Lipinski definition) is 7. The molecule has 136 valence electrons. The topological polar surface area (TPSA) is 120 Å². The van der Waals surface area contributed by atoms with Gasteiger partial charge in [0.2, 0.25) is 5.95 Å². The van der Waals surface area contributed by atoms with Gasteiger partial charge in [-0.2, -0.15) is 10.2 Å². The molecule has 3 aromatic rings. The number of halogens is 1. The summed E-state index contributed by atoms with van der Waals surface area (Å²) in [4.78, 5) is 7.98. The largest absolute Gasteiger partial charge is 0.493 e. The highest BCUT2D eigenvalue weighted by Crippen LogP contribution is 2.34. The van der Waals surface area contributed by atoms with Crippen LogP contribution in [0.15, 0.2) is 42.5 Å². The molecule has 2 aromatic carbocycles. The summed E-state index contributed by atoms with van der Waals surface area (Å²) in [6.07, 6.45) is 0. The minimum absolute atomic E-state index is 0.0151. The van der Waals surface area contributed by atoms with Crippen LogP contribution < -0.4 is 20.9 Å². The minimum Gasteiger partial charge on any atom is -0.493 e. The van der Waals surface area contributed by atoms with Gasteiger partial charge in [0.05, 0.1) is 12.8 Å². The van der Waals surface area contributed by atoms with E-state index < -0.39 is 0 Å². The summed E-state index contributed by atoms with van der Waals surface area (Å²) in [7, 11) is 1.54. The van der Waals surface area contributed by atoms with E-state index in [-0.39, 0.29) is 17.3 Å². The van der Waals surface area contributed by atoms with Crippen molar-refractivity contribution in [2.75, 3.05) is 18.6 Å². The van der Waals surface area contributed by atoms with Crippen LogP contribution in [0, 0.1) is 11.3 Å². The van der Waals surface area contributed by atoms with Crippen LogP contribution in [0.3, 0.4) is 0 Å². The smallest absolute Gasteiger partial charge is 0.222 e. The van der Waals surface area contributed by atoms with Crippen LogP contribution in [0.2, 0.25) is 5.02 Å². The van der Waals surface area contributed by atoms with Crippen molar-refractivity contribution in [3.63, 3.8) is 0 Å².